The van der Waals surface area contributed by atoms with Crippen LogP contribution < -0.4 is 5.32 Å². The summed E-state index contributed by atoms with van der Waals surface area (Å²) in [4.78, 5) is 21.6. The van der Waals surface area contributed by atoms with Gasteiger partial charge in [0.25, 0.3) is 0 Å². The van der Waals surface area contributed by atoms with Crippen LogP contribution in [0.1, 0.15) is 29.5 Å². The number of nitrogens with one attached hydrogen (secondary N) is 1. The maximum Gasteiger partial charge on any atom is 0.226 e. The van der Waals surface area contributed by atoms with Crippen LogP contribution in [0, 0.1) is 0 Å². The monoisotopic (exact) mass is 360 g/mol. The first-order valence-electron chi connectivity index (χ1n) is 8.25. The minimum Gasteiger partial charge on any atom is -0.354 e. The molecule has 0 saturated carbocycles. The smallest absolute Gasteiger partial charge is 0.226 e. The molecule has 1 fully saturated rings. The Bertz CT molecular complexity index is 773. The molecule has 0 spiro atoms. The fourth-order valence-electron chi connectivity index (χ4n) is 3.24. The second-order valence-corrected chi connectivity index (χ2v) is 7.93. The number of amides is 1. The predicted octanol–water partition coefficient (Wildman–Crippen LogP) is 2.95. The number of fused-ring (bicyclic) bond motifs is 1. The summed E-state index contributed by atoms with van der Waals surface area (Å²) >= 11 is 3.35. The number of carbonyl (C=O) groups excluding carboxylic acids is 1. The molecule has 4 heterocycles. The van der Waals surface area contributed by atoms with Gasteiger partial charge in [0.1, 0.15) is 0 Å². The van der Waals surface area contributed by atoms with E-state index < -0.39 is 0 Å². The average Bonchev–Trinajstić information content (AvgIpc) is 3.33. The van der Waals surface area contributed by atoms with Crippen LogP contribution in [0.2, 0.25) is 0 Å². The van der Waals surface area contributed by atoms with Gasteiger partial charge in [0, 0.05) is 29.2 Å². The number of hydrogen-bond acceptors (Lipinski definition) is 5. The fraction of sp³-hybridized carbons (Fsp3) is 0.412. The number of rotatable bonds is 6. The zero-order valence-corrected chi connectivity index (χ0v) is 15.0. The summed E-state index contributed by atoms with van der Waals surface area (Å²) < 4.78 is 1.96. The number of aromatic nitrogens is 2. The Labute approximate surface area is 148 Å². The van der Waals surface area contributed by atoms with Crippen molar-refractivity contribution in [2.75, 3.05) is 19.6 Å². The molecule has 3 aromatic rings. The Morgan fingerprint density at radius 1 is 1.29 bits per heavy atom. The lowest BCUT2D eigenvalue weighted by Gasteiger charge is -2.26. The fourth-order valence-corrected chi connectivity index (χ4v) is 4.82. The third-order valence-corrected chi connectivity index (χ3v) is 6.17. The van der Waals surface area contributed by atoms with E-state index in [1.54, 1.807) is 22.7 Å². The van der Waals surface area contributed by atoms with Gasteiger partial charge in [0.05, 0.1) is 18.2 Å². The van der Waals surface area contributed by atoms with E-state index in [1.165, 1.54) is 17.7 Å². The van der Waals surface area contributed by atoms with Crippen LogP contribution in [0.3, 0.4) is 0 Å². The van der Waals surface area contributed by atoms with Gasteiger partial charge in [-0.25, -0.2) is 4.98 Å². The molecule has 0 bridgehead atoms. The van der Waals surface area contributed by atoms with Crippen molar-refractivity contribution in [2.24, 2.45) is 0 Å². The van der Waals surface area contributed by atoms with Gasteiger partial charge in [-0.1, -0.05) is 6.07 Å². The van der Waals surface area contributed by atoms with Crippen molar-refractivity contribution < 1.29 is 4.79 Å². The Morgan fingerprint density at radius 2 is 2.17 bits per heavy atom. The Balaban J connectivity index is 1.38. The van der Waals surface area contributed by atoms with Crippen molar-refractivity contribution in [3.05, 3.63) is 45.9 Å². The van der Waals surface area contributed by atoms with Crippen LogP contribution in [0.25, 0.3) is 4.96 Å². The molecule has 3 aromatic heterocycles. The molecule has 24 heavy (non-hydrogen) atoms. The molecule has 1 aliphatic rings. The number of hydrogen-bond donors (Lipinski definition) is 1. The lowest BCUT2D eigenvalue weighted by Crippen LogP contribution is -2.37. The molecule has 1 N–H and O–H groups in total. The van der Waals surface area contributed by atoms with Gasteiger partial charge in [-0.3, -0.25) is 14.1 Å². The van der Waals surface area contributed by atoms with Crippen molar-refractivity contribution >= 4 is 33.5 Å². The first kappa shape index (κ1) is 15.8. The standard InChI is InChI=1S/C17H20N4OS2/c22-16(10-13-12-21-7-9-24-17(21)19-13)18-11-14(15-4-3-8-23-15)20-5-1-2-6-20/h3-4,7-9,12,14H,1-2,5-6,10-11H2,(H,18,22). The molecule has 0 aliphatic carbocycles. The third kappa shape index (κ3) is 3.38. The molecule has 0 radical (unpaired) electrons. The van der Waals surface area contributed by atoms with Crippen LogP contribution in [0.5, 0.6) is 0 Å². The van der Waals surface area contributed by atoms with Gasteiger partial charge in [-0.15, -0.1) is 22.7 Å². The summed E-state index contributed by atoms with van der Waals surface area (Å²) in [6, 6.07) is 4.55. The normalized spacial score (nSPS) is 16.7. The van der Waals surface area contributed by atoms with E-state index in [0.29, 0.717) is 19.0 Å². The van der Waals surface area contributed by atoms with Gasteiger partial charge >= 0.3 is 0 Å². The molecule has 126 valence electrons. The Kier molecular flexibility index (Phi) is 4.64. The van der Waals surface area contributed by atoms with Crippen molar-refractivity contribution in [1.82, 2.24) is 19.6 Å². The van der Waals surface area contributed by atoms with Crippen LogP contribution in [-0.2, 0) is 11.2 Å². The summed E-state index contributed by atoms with van der Waals surface area (Å²) in [5, 5.41) is 7.22. The maximum atomic E-state index is 12.3. The van der Waals surface area contributed by atoms with E-state index in [4.69, 9.17) is 0 Å². The SMILES string of the molecule is O=C(Cc1cn2ccsc2n1)NCC(c1cccs1)N1CCCC1. The molecule has 5 nitrogen and oxygen atoms in total. The predicted molar refractivity (Wildman–Crippen MR) is 97.6 cm³/mol. The number of likely N-dealkylation sites (tertiary alicyclic amines) is 1. The largest absolute Gasteiger partial charge is 0.354 e. The van der Waals surface area contributed by atoms with Crippen molar-refractivity contribution in [3.8, 4) is 0 Å². The topological polar surface area (TPSA) is 49.6 Å². The van der Waals surface area contributed by atoms with E-state index in [-0.39, 0.29) is 5.91 Å². The molecule has 7 heteroatoms. The maximum absolute atomic E-state index is 12.3. The number of thiophene rings is 1. The zero-order valence-electron chi connectivity index (χ0n) is 13.4. The summed E-state index contributed by atoms with van der Waals surface area (Å²) in [5.41, 5.74) is 0.827. The number of thiazole rings is 1. The van der Waals surface area contributed by atoms with Crippen molar-refractivity contribution in [2.45, 2.75) is 25.3 Å². The van der Waals surface area contributed by atoms with E-state index >= 15 is 0 Å². The second-order valence-electron chi connectivity index (χ2n) is 6.08. The first-order chi connectivity index (χ1) is 11.8. The molecule has 0 aromatic carbocycles. The Hall–Kier alpha value is -1.70. The first-order valence-corrected chi connectivity index (χ1v) is 10.0. The highest BCUT2D eigenvalue weighted by Crippen LogP contribution is 2.27. The van der Waals surface area contributed by atoms with Gasteiger partial charge in [-0.2, -0.15) is 0 Å². The molecule has 1 unspecified atom stereocenters. The summed E-state index contributed by atoms with van der Waals surface area (Å²) in [7, 11) is 0. The highest BCUT2D eigenvalue weighted by Gasteiger charge is 2.24. The number of nitrogens with zero attached hydrogens (tertiary/aromatic N) is 3. The average molecular weight is 361 g/mol. The minimum absolute atomic E-state index is 0.0431. The Morgan fingerprint density at radius 3 is 2.92 bits per heavy atom. The highest BCUT2D eigenvalue weighted by atomic mass is 32.1. The van der Waals surface area contributed by atoms with Gasteiger partial charge in [0.15, 0.2) is 4.96 Å². The lowest BCUT2D eigenvalue weighted by molar-refractivity contribution is -0.120. The van der Waals surface area contributed by atoms with E-state index in [2.05, 4.69) is 32.7 Å². The van der Waals surface area contributed by atoms with Crippen molar-refractivity contribution in [1.29, 1.82) is 0 Å². The molecule has 1 aliphatic heterocycles. The summed E-state index contributed by atoms with van der Waals surface area (Å²) in [6.45, 7) is 2.91. The van der Waals surface area contributed by atoms with E-state index in [9.17, 15) is 4.79 Å². The van der Waals surface area contributed by atoms with Crippen LogP contribution in [-0.4, -0.2) is 39.8 Å². The van der Waals surface area contributed by atoms with Gasteiger partial charge in [-0.05, 0) is 37.4 Å². The highest BCUT2D eigenvalue weighted by molar-refractivity contribution is 7.15. The van der Waals surface area contributed by atoms with E-state index in [1.807, 2.05) is 22.2 Å². The molecular formula is C17H20N4OS2. The molecule has 1 saturated heterocycles. The summed E-state index contributed by atoms with van der Waals surface area (Å²) in [6.07, 6.45) is 6.74. The molecular weight excluding hydrogens is 340 g/mol. The van der Waals surface area contributed by atoms with Crippen LogP contribution >= 0.6 is 22.7 Å². The summed E-state index contributed by atoms with van der Waals surface area (Å²) in [5.74, 6) is 0.0431. The van der Waals surface area contributed by atoms with E-state index in [0.717, 1.165) is 23.7 Å². The number of imidazole rings is 1. The van der Waals surface area contributed by atoms with Crippen molar-refractivity contribution in [3.63, 3.8) is 0 Å². The molecule has 4 rings (SSSR count). The van der Waals surface area contributed by atoms with Crippen LogP contribution in [0.4, 0.5) is 0 Å². The quantitative estimate of drug-likeness (QED) is 0.735. The molecule has 1 atom stereocenters. The van der Waals surface area contributed by atoms with Gasteiger partial charge in [0.2, 0.25) is 5.91 Å². The van der Waals surface area contributed by atoms with Crippen LogP contribution in [0.15, 0.2) is 35.3 Å². The minimum atomic E-state index is 0.0431. The second kappa shape index (κ2) is 7.04. The number of carbonyl (C=O) groups is 1. The molecule has 1 amide bonds. The zero-order chi connectivity index (χ0) is 16.4. The lowest BCUT2D eigenvalue weighted by atomic mass is 10.2. The third-order valence-electron chi connectivity index (χ3n) is 4.43. The van der Waals surface area contributed by atoms with Gasteiger partial charge < -0.3 is 5.32 Å².